The van der Waals surface area contributed by atoms with Gasteiger partial charge in [-0.2, -0.15) is 0 Å². The average molecular weight is 328 g/mol. The highest BCUT2D eigenvalue weighted by Crippen LogP contribution is 2.28. The van der Waals surface area contributed by atoms with Gasteiger partial charge < -0.3 is 15.2 Å². The summed E-state index contributed by atoms with van der Waals surface area (Å²) in [6.45, 7) is 6.57. The molecule has 0 radical (unpaired) electrons. The molecule has 0 bridgehead atoms. The monoisotopic (exact) mass is 328 g/mol. The second kappa shape index (κ2) is 8.48. The molecular formula is C15H24N2O4S. The molecule has 1 heterocycles. The van der Waals surface area contributed by atoms with Gasteiger partial charge in [-0.1, -0.05) is 20.8 Å². The van der Waals surface area contributed by atoms with Crippen LogP contribution >= 0.6 is 12.2 Å². The van der Waals surface area contributed by atoms with Crippen LogP contribution in [0.15, 0.2) is 4.99 Å². The number of rotatable bonds is 8. The Morgan fingerprint density at radius 3 is 2.77 bits per heavy atom. The van der Waals surface area contributed by atoms with Crippen molar-refractivity contribution in [3.63, 3.8) is 0 Å². The van der Waals surface area contributed by atoms with E-state index in [1.165, 1.54) is 0 Å². The zero-order valence-corrected chi connectivity index (χ0v) is 14.1. The molecule has 1 saturated heterocycles. The van der Waals surface area contributed by atoms with Gasteiger partial charge in [-0.25, -0.2) is 4.99 Å². The largest absolute Gasteiger partial charge is 0.366 e. The number of Topliss-reactive ketones (excluding diaryl/α,β-unsaturated/α-hetero) is 1. The van der Waals surface area contributed by atoms with Crippen molar-refractivity contribution in [3.8, 4) is 0 Å². The van der Waals surface area contributed by atoms with Crippen LogP contribution in [0.5, 0.6) is 0 Å². The summed E-state index contributed by atoms with van der Waals surface area (Å²) in [6.07, 6.45) is -0.00904. The molecule has 1 amide bonds. The van der Waals surface area contributed by atoms with Crippen molar-refractivity contribution >= 4 is 29.1 Å². The Hall–Kier alpha value is -1.14. The van der Waals surface area contributed by atoms with Gasteiger partial charge >= 0.3 is 0 Å². The van der Waals surface area contributed by atoms with Crippen LogP contribution in [0.2, 0.25) is 0 Å². The van der Waals surface area contributed by atoms with Crippen molar-refractivity contribution in [1.29, 1.82) is 0 Å². The van der Waals surface area contributed by atoms with Gasteiger partial charge in [0.2, 0.25) is 5.91 Å². The minimum absolute atomic E-state index is 0.128. The number of ketones is 1. The van der Waals surface area contributed by atoms with Crippen molar-refractivity contribution in [2.24, 2.45) is 16.3 Å². The topological polar surface area (TPSA) is 88.0 Å². The maximum absolute atomic E-state index is 12.3. The minimum atomic E-state index is -0.986. The van der Waals surface area contributed by atoms with E-state index >= 15 is 0 Å². The molecule has 1 rings (SSSR count). The quantitative estimate of drug-likeness (QED) is 0.399. The fraction of sp³-hybridized carbons (Fsp3) is 0.800. The number of hydrogen-bond donors (Lipinski definition) is 2. The van der Waals surface area contributed by atoms with E-state index in [-0.39, 0.29) is 24.0 Å². The number of hydrogen-bond acceptors (Lipinski definition) is 6. The Kier molecular flexibility index (Phi) is 7.29. The Bertz CT molecular complexity index is 460. The fourth-order valence-electron chi connectivity index (χ4n) is 2.60. The third-order valence-corrected chi connectivity index (χ3v) is 3.94. The van der Waals surface area contributed by atoms with E-state index in [1.54, 1.807) is 0 Å². The molecule has 0 aromatic carbocycles. The summed E-state index contributed by atoms with van der Waals surface area (Å²) < 4.78 is 4.96. The third-order valence-electron chi connectivity index (χ3n) is 3.81. The molecule has 1 aliphatic rings. The number of aliphatic hydroxyl groups excluding tert-OH is 1. The van der Waals surface area contributed by atoms with Crippen LogP contribution < -0.4 is 5.32 Å². The van der Waals surface area contributed by atoms with E-state index in [0.29, 0.717) is 26.0 Å². The zero-order valence-electron chi connectivity index (χ0n) is 13.3. The van der Waals surface area contributed by atoms with Crippen LogP contribution in [-0.2, 0) is 14.3 Å². The number of nitrogens with zero attached hydrogens (tertiary/aromatic N) is 1. The molecule has 6 nitrogen and oxygen atoms in total. The number of aliphatic hydroxyl groups is 1. The summed E-state index contributed by atoms with van der Waals surface area (Å²) >= 11 is 4.53. The summed E-state index contributed by atoms with van der Waals surface area (Å²) in [7, 11) is 0. The molecule has 1 aliphatic heterocycles. The van der Waals surface area contributed by atoms with Crippen LogP contribution in [0.4, 0.5) is 0 Å². The molecule has 22 heavy (non-hydrogen) atoms. The zero-order chi connectivity index (χ0) is 16.8. The number of ether oxygens (including phenoxy) is 1. The Balaban J connectivity index is 2.47. The summed E-state index contributed by atoms with van der Waals surface area (Å²) in [4.78, 5) is 28.1. The number of nitrogens with one attached hydrogen (secondary N) is 1. The van der Waals surface area contributed by atoms with Crippen molar-refractivity contribution in [2.45, 2.75) is 52.4 Å². The second-order valence-electron chi connectivity index (χ2n) is 6.45. The molecule has 7 heteroatoms. The number of isothiocyanates is 1. The number of thiocarbonyl (C=S) groups is 1. The van der Waals surface area contributed by atoms with Crippen LogP contribution in [0, 0.1) is 11.3 Å². The lowest BCUT2D eigenvalue weighted by atomic mass is 9.78. The first-order valence-corrected chi connectivity index (χ1v) is 7.83. The molecule has 124 valence electrons. The van der Waals surface area contributed by atoms with Crippen molar-refractivity contribution in [3.05, 3.63) is 0 Å². The van der Waals surface area contributed by atoms with Crippen LogP contribution in [0.1, 0.15) is 40.0 Å². The Morgan fingerprint density at radius 2 is 2.23 bits per heavy atom. The minimum Gasteiger partial charge on any atom is -0.366 e. The molecule has 0 spiro atoms. The van der Waals surface area contributed by atoms with E-state index in [0.717, 1.165) is 0 Å². The number of carbonyl (C=O) groups is 2. The lowest BCUT2D eigenvalue weighted by molar-refractivity contribution is -0.135. The van der Waals surface area contributed by atoms with Gasteiger partial charge in [0.05, 0.1) is 30.8 Å². The van der Waals surface area contributed by atoms with E-state index in [1.807, 2.05) is 20.8 Å². The van der Waals surface area contributed by atoms with Gasteiger partial charge in [-0.15, -0.1) is 0 Å². The van der Waals surface area contributed by atoms with Gasteiger partial charge in [0.15, 0.2) is 6.29 Å². The van der Waals surface area contributed by atoms with Crippen molar-refractivity contribution in [1.82, 2.24) is 5.32 Å². The van der Waals surface area contributed by atoms with E-state index in [9.17, 15) is 14.7 Å². The van der Waals surface area contributed by atoms with Crippen LogP contribution in [0.25, 0.3) is 0 Å². The molecule has 0 aromatic rings. The third kappa shape index (κ3) is 5.93. The Morgan fingerprint density at radius 1 is 1.55 bits per heavy atom. The molecule has 0 saturated carbocycles. The van der Waals surface area contributed by atoms with E-state index in [2.05, 4.69) is 27.7 Å². The molecule has 0 aliphatic carbocycles. The van der Waals surface area contributed by atoms with Gasteiger partial charge in [0.25, 0.3) is 0 Å². The SMILES string of the molecule is CC(CN=C=S)CC(C)(C)C(=O)CC(=O)NC1CCOC1O. The van der Waals surface area contributed by atoms with Gasteiger partial charge in [-0.3, -0.25) is 9.59 Å². The molecule has 3 atom stereocenters. The first kappa shape index (κ1) is 18.9. The lowest BCUT2D eigenvalue weighted by Gasteiger charge is -2.26. The smallest absolute Gasteiger partial charge is 0.227 e. The molecule has 1 fully saturated rings. The van der Waals surface area contributed by atoms with Crippen molar-refractivity contribution in [2.75, 3.05) is 13.2 Å². The number of amides is 1. The maximum Gasteiger partial charge on any atom is 0.227 e. The molecule has 2 N–H and O–H groups in total. The average Bonchev–Trinajstić information content (AvgIpc) is 2.81. The predicted octanol–water partition coefficient (Wildman–Crippen LogP) is 1.32. The van der Waals surface area contributed by atoms with Gasteiger partial charge in [0, 0.05) is 5.41 Å². The maximum atomic E-state index is 12.3. The fourth-order valence-corrected chi connectivity index (χ4v) is 2.68. The summed E-state index contributed by atoms with van der Waals surface area (Å²) in [5, 5.41) is 14.4. The normalized spacial score (nSPS) is 22.7. The molecular weight excluding hydrogens is 304 g/mol. The van der Waals surface area contributed by atoms with E-state index < -0.39 is 17.7 Å². The second-order valence-corrected chi connectivity index (χ2v) is 6.63. The van der Waals surface area contributed by atoms with Crippen LogP contribution in [0.3, 0.4) is 0 Å². The standard InChI is InChI=1S/C15H24N2O4S/c1-10(8-16-9-22)7-15(2,3)12(18)6-13(19)17-11-4-5-21-14(11)20/h10-11,14,20H,4-8H2,1-3H3,(H,17,19). The van der Waals surface area contributed by atoms with Gasteiger partial charge in [0.1, 0.15) is 5.78 Å². The summed E-state index contributed by atoms with van der Waals surface area (Å²) in [5.41, 5.74) is -0.613. The van der Waals surface area contributed by atoms with E-state index in [4.69, 9.17) is 4.74 Å². The predicted molar refractivity (Wildman–Crippen MR) is 85.6 cm³/mol. The van der Waals surface area contributed by atoms with Crippen molar-refractivity contribution < 1.29 is 19.4 Å². The molecule has 3 unspecified atom stereocenters. The molecule has 0 aromatic heterocycles. The van der Waals surface area contributed by atoms with Crippen LogP contribution in [-0.4, -0.2) is 47.4 Å². The Labute approximate surface area is 136 Å². The first-order valence-electron chi connectivity index (χ1n) is 7.42. The highest BCUT2D eigenvalue weighted by molar-refractivity contribution is 7.78. The highest BCUT2D eigenvalue weighted by Gasteiger charge is 2.33. The summed E-state index contributed by atoms with van der Waals surface area (Å²) in [5.74, 6) is -0.323. The van der Waals surface area contributed by atoms with Gasteiger partial charge in [-0.05, 0) is 31.0 Å². The highest BCUT2D eigenvalue weighted by atomic mass is 32.1. The summed E-state index contributed by atoms with van der Waals surface area (Å²) in [6, 6.07) is -0.431. The number of carbonyl (C=O) groups excluding carboxylic acids is 2. The lowest BCUT2D eigenvalue weighted by Crippen LogP contribution is -2.42. The first-order chi connectivity index (χ1) is 10.3. The number of aliphatic imine (C=N–C) groups is 1.